The molecule has 1 N–H and O–H groups in total. The van der Waals surface area contributed by atoms with Crippen molar-refractivity contribution in [1.82, 2.24) is 0 Å². The van der Waals surface area contributed by atoms with E-state index in [0.29, 0.717) is 18.6 Å². The lowest BCUT2D eigenvalue weighted by atomic mass is 9.96. The van der Waals surface area contributed by atoms with E-state index in [-0.39, 0.29) is 11.2 Å². The molecule has 1 aromatic carbocycles. The van der Waals surface area contributed by atoms with E-state index in [0.717, 1.165) is 0 Å². The number of halogens is 1. The Kier molecular flexibility index (Phi) is 5.11. The van der Waals surface area contributed by atoms with E-state index < -0.39 is 11.9 Å². The minimum absolute atomic E-state index is 0.215. The van der Waals surface area contributed by atoms with Crippen molar-refractivity contribution in [2.45, 2.75) is 38.4 Å². The monoisotopic (exact) mass is 256 g/mol. The number of ether oxygens (including phenoxy) is 2. The van der Waals surface area contributed by atoms with E-state index in [9.17, 15) is 9.50 Å². The summed E-state index contributed by atoms with van der Waals surface area (Å²) in [6.07, 6.45) is 0.149. The molecular formula is C14H21FO3. The molecule has 1 unspecified atom stereocenters. The average Bonchev–Trinajstić information content (AvgIpc) is 2.35. The second-order valence-corrected chi connectivity index (χ2v) is 4.87. The summed E-state index contributed by atoms with van der Waals surface area (Å²) in [5.74, 6) is -0.0743. The van der Waals surface area contributed by atoms with Gasteiger partial charge in [0.1, 0.15) is 11.6 Å². The minimum Gasteiger partial charge on any atom is -0.496 e. The third kappa shape index (κ3) is 3.68. The zero-order chi connectivity index (χ0) is 13.8. The highest BCUT2D eigenvalue weighted by Gasteiger charge is 2.22. The van der Waals surface area contributed by atoms with E-state index in [4.69, 9.17) is 9.47 Å². The summed E-state index contributed by atoms with van der Waals surface area (Å²) in [6.45, 7) is 3.86. The Morgan fingerprint density at radius 2 is 2.00 bits per heavy atom. The summed E-state index contributed by atoms with van der Waals surface area (Å²) in [4.78, 5) is 0. The normalized spacial score (nSPS) is 13.4. The van der Waals surface area contributed by atoms with Crippen LogP contribution in [0.4, 0.5) is 4.39 Å². The molecule has 0 heterocycles. The van der Waals surface area contributed by atoms with Crippen LogP contribution < -0.4 is 4.74 Å². The number of hydrogen-bond acceptors (Lipinski definition) is 3. The molecule has 0 fully saturated rings. The standard InChI is InChI=1S/C14H21FO3/c1-14(2,18-4)9-8-11(16)13-10(15)6-5-7-12(13)17-3/h5-7,11,16H,8-9H2,1-4H3. The molecule has 0 saturated heterocycles. The largest absolute Gasteiger partial charge is 0.496 e. The Bertz CT molecular complexity index is 391. The quantitative estimate of drug-likeness (QED) is 0.850. The molecule has 18 heavy (non-hydrogen) atoms. The first-order chi connectivity index (χ1) is 8.41. The van der Waals surface area contributed by atoms with Crippen LogP contribution in [0, 0.1) is 5.82 Å². The molecule has 0 bridgehead atoms. The van der Waals surface area contributed by atoms with Gasteiger partial charge in [-0.15, -0.1) is 0 Å². The van der Waals surface area contributed by atoms with Crippen LogP contribution in [0.15, 0.2) is 18.2 Å². The topological polar surface area (TPSA) is 38.7 Å². The predicted octanol–water partition coefficient (Wildman–Crippen LogP) is 3.07. The van der Waals surface area contributed by atoms with E-state index in [2.05, 4.69) is 0 Å². The van der Waals surface area contributed by atoms with Gasteiger partial charge < -0.3 is 14.6 Å². The smallest absolute Gasteiger partial charge is 0.132 e. The highest BCUT2D eigenvalue weighted by Crippen LogP contribution is 2.32. The Morgan fingerprint density at radius 3 is 2.56 bits per heavy atom. The van der Waals surface area contributed by atoms with Gasteiger partial charge in [-0.05, 0) is 38.8 Å². The SMILES string of the molecule is COc1cccc(F)c1C(O)CCC(C)(C)OC. The van der Waals surface area contributed by atoms with E-state index in [1.54, 1.807) is 19.2 Å². The van der Waals surface area contributed by atoms with Crippen molar-refractivity contribution in [2.75, 3.05) is 14.2 Å². The van der Waals surface area contributed by atoms with Crippen LogP contribution in [-0.2, 0) is 4.74 Å². The minimum atomic E-state index is -0.893. The first-order valence-corrected chi connectivity index (χ1v) is 5.97. The number of hydrogen-bond donors (Lipinski definition) is 1. The second-order valence-electron chi connectivity index (χ2n) is 4.87. The molecule has 1 aromatic rings. The van der Waals surface area contributed by atoms with Gasteiger partial charge >= 0.3 is 0 Å². The molecule has 3 nitrogen and oxygen atoms in total. The molecule has 0 saturated carbocycles. The maximum Gasteiger partial charge on any atom is 0.132 e. The van der Waals surface area contributed by atoms with Crippen molar-refractivity contribution in [2.24, 2.45) is 0 Å². The lowest BCUT2D eigenvalue weighted by Gasteiger charge is -2.24. The highest BCUT2D eigenvalue weighted by atomic mass is 19.1. The van der Waals surface area contributed by atoms with Crippen molar-refractivity contribution >= 4 is 0 Å². The highest BCUT2D eigenvalue weighted by molar-refractivity contribution is 5.36. The first-order valence-electron chi connectivity index (χ1n) is 5.97. The van der Waals surface area contributed by atoms with Gasteiger partial charge in [0, 0.05) is 7.11 Å². The molecular weight excluding hydrogens is 235 g/mol. The average molecular weight is 256 g/mol. The van der Waals surface area contributed by atoms with Crippen LogP contribution in [-0.4, -0.2) is 24.9 Å². The molecule has 1 atom stereocenters. The summed E-state index contributed by atoms with van der Waals surface area (Å²) in [5.41, 5.74) is -0.119. The second kappa shape index (κ2) is 6.16. The molecule has 0 spiro atoms. The van der Waals surface area contributed by atoms with Crippen molar-refractivity contribution in [3.8, 4) is 5.75 Å². The van der Waals surface area contributed by atoms with Crippen LogP contribution in [0.5, 0.6) is 5.75 Å². The molecule has 102 valence electrons. The molecule has 0 aliphatic heterocycles. The molecule has 0 aromatic heterocycles. The maximum absolute atomic E-state index is 13.7. The van der Waals surface area contributed by atoms with Gasteiger partial charge in [-0.25, -0.2) is 4.39 Å². The first kappa shape index (κ1) is 14.9. The molecule has 0 aliphatic rings. The van der Waals surface area contributed by atoms with Crippen LogP contribution in [0.3, 0.4) is 0 Å². The number of methoxy groups -OCH3 is 2. The predicted molar refractivity (Wildman–Crippen MR) is 68.2 cm³/mol. The summed E-state index contributed by atoms with van der Waals surface area (Å²) >= 11 is 0. The van der Waals surface area contributed by atoms with Crippen LogP contribution >= 0.6 is 0 Å². The van der Waals surface area contributed by atoms with Gasteiger partial charge in [0.2, 0.25) is 0 Å². The summed E-state index contributed by atoms with van der Waals surface area (Å²) in [7, 11) is 3.08. The van der Waals surface area contributed by atoms with Crippen molar-refractivity contribution < 1.29 is 19.0 Å². The zero-order valence-corrected chi connectivity index (χ0v) is 11.4. The Hall–Kier alpha value is -1.13. The summed E-state index contributed by atoms with van der Waals surface area (Å²) in [6, 6.07) is 4.52. The van der Waals surface area contributed by atoms with Crippen LogP contribution in [0.25, 0.3) is 0 Å². The van der Waals surface area contributed by atoms with E-state index in [1.165, 1.54) is 13.2 Å². The summed E-state index contributed by atoms with van der Waals surface area (Å²) in [5, 5.41) is 10.1. The fraction of sp³-hybridized carbons (Fsp3) is 0.571. The number of benzene rings is 1. The lowest BCUT2D eigenvalue weighted by molar-refractivity contribution is 0.00226. The van der Waals surface area contributed by atoms with Crippen molar-refractivity contribution in [3.05, 3.63) is 29.6 Å². The fourth-order valence-corrected chi connectivity index (χ4v) is 1.75. The van der Waals surface area contributed by atoms with Crippen LogP contribution in [0.2, 0.25) is 0 Å². The van der Waals surface area contributed by atoms with Crippen molar-refractivity contribution in [1.29, 1.82) is 0 Å². The zero-order valence-electron chi connectivity index (χ0n) is 11.4. The Labute approximate surface area is 108 Å². The fourth-order valence-electron chi connectivity index (χ4n) is 1.75. The van der Waals surface area contributed by atoms with Gasteiger partial charge in [0.25, 0.3) is 0 Å². The Balaban J connectivity index is 2.81. The number of aliphatic hydroxyl groups excluding tert-OH is 1. The number of aliphatic hydroxyl groups is 1. The molecule has 0 amide bonds. The molecule has 1 rings (SSSR count). The number of rotatable bonds is 6. The maximum atomic E-state index is 13.7. The lowest BCUT2D eigenvalue weighted by Crippen LogP contribution is -2.23. The van der Waals surface area contributed by atoms with Crippen molar-refractivity contribution in [3.63, 3.8) is 0 Å². The third-order valence-corrected chi connectivity index (χ3v) is 3.14. The molecule has 0 radical (unpaired) electrons. The van der Waals surface area contributed by atoms with Gasteiger partial charge in [0.05, 0.1) is 24.4 Å². The van der Waals surface area contributed by atoms with E-state index >= 15 is 0 Å². The van der Waals surface area contributed by atoms with Gasteiger partial charge in [-0.1, -0.05) is 6.07 Å². The van der Waals surface area contributed by atoms with E-state index in [1.807, 2.05) is 13.8 Å². The Morgan fingerprint density at radius 1 is 1.33 bits per heavy atom. The summed E-state index contributed by atoms with van der Waals surface area (Å²) < 4.78 is 24.1. The van der Waals surface area contributed by atoms with Gasteiger partial charge in [0.15, 0.2) is 0 Å². The van der Waals surface area contributed by atoms with Gasteiger partial charge in [-0.3, -0.25) is 0 Å². The third-order valence-electron chi connectivity index (χ3n) is 3.14. The van der Waals surface area contributed by atoms with Gasteiger partial charge in [-0.2, -0.15) is 0 Å². The molecule has 4 heteroatoms. The van der Waals surface area contributed by atoms with Crippen LogP contribution in [0.1, 0.15) is 38.4 Å². The molecule has 0 aliphatic carbocycles.